The van der Waals surface area contributed by atoms with Crippen LogP contribution in [-0.4, -0.2) is 24.7 Å². The predicted octanol–water partition coefficient (Wildman–Crippen LogP) is 2.64. The van der Waals surface area contributed by atoms with E-state index in [1.54, 1.807) is 0 Å². The van der Waals surface area contributed by atoms with Crippen LogP contribution in [0.3, 0.4) is 0 Å². The zero-order valence-electron chi connectivity index (χ0n) is 8.49. The molecule has 1 atom stereocenters. The first-order chi connectivity index (χ1) is 6.72. The summed E-state index contributed by atoms with van der Waals surface area (Å²) in [6.45, 7) is 4.59. The quantitative estimate of drug-likeness (QED) is 0.650. The van der Waals surface area contributed by atoms with Crippen molar-refractivity contribution in [3.05, 3.63) is 48.6 Å². The van der Waals surface area contributed by atoms with Crippen molar-refractivity contribution in [2.75, 3.05) is 13.6 Å². The van der Waals surface area contributed by atoms with E-state index < -0.39 is 6.17 Å². The second-order valence-electron chi connectivity index (χ2n) is 3.43. The lowest BCUT2D eigenvalue weighted by atomic mass is 10.2. The van der Waals surface area contributed by atoms with Gasteiger partial charge in [-0.2, -0.15) is 0 Å². The van der Waals surface area contributed by atoms with Gasteiger partial charge in [0.25, 0.3) is 0 Å². The van der Waals surface area contributed by atoms with Crippen LogP contribution >= 0.6 is 0 Å². The van der Waals surface area contributed by atoms with Crippen molar-refractivity contribution in [3.8, 4) is 0 Å². The molecule has 0 aromatic heterocycles. The molecule has 1 nitrogen and oxygen atoms in total. The van der Waals surface area contributed by atoms with E-state index in [1.165, 1.54) is 11.6 Å². The highest BCUT2D eigenvalue weighted by Gasteiger charge is 2.05. The summed E-state index contributed by atoms with van der Waals surface area (Å²) in [4.78, 5) is 1.95. The molecule has 76 valence electrons. The number of hydrogen-bond acceptors (Lipinski definition) is 1. The van der Waals surface area contributed by atoms with Gasteiger partial charge in [-0.15, -0.1) is 6.58 Å². The van der Waals surface area contributed by atoms with Gasteiger partial charge in [-0.05, 0) is 12.6 Å². The molecule has 1 aromatic rings. The molecule has 1 unspecified atom stereocenters. The van der Waals surface area contributed by atoms with Crippen molar-refractivity contribution >= 4 is 0 Å². The number of hydrogen-bond donors (Lipinski definition) is 0. The van der Waals surface area contributed by atoms with E-state index in [-0.39, 0.29) is 0 Å². The molecule has 0 aliphatic rings. The van der Waals surface area contributed by atoms with Gasteiger partial charge in [0, 0.05) is 13.1 Å². The second-order valence-corrected chi connectivity index (χ2v) is 3.43. The van der Waals surface area contributed by atoms with Gasteiger partial charge in [0.1, 0.15) is 6.17 Å². The van der Waals surface area contributed by atoms with Crippen LogP contribution in [-0.2, 0) is 6.54 Å². The zero-order chi connectivity index (χ0) is 10.4. The summed E-state index contributed by atoms with van der Waals surface area (Å²) in [6.07, 6.45) is 0.394. The molecule has 1 rings (SSSR count). The van der Waals surface area contributed by atoms with Gasteiger partial charge < -0.3 is 0 Å². The first-order valence-electron chi connectivity index (χ1n) is 4.71. The van der Waals surface area contributed by atoms with Crippen molar-refractivity contribution in [2.24, 2.45) is 0 Å². The Morgan fingerprint density at radius 2 is 2.07 bits per heavy atom. The lowest BCUT2D eigenvalue weighted by Gasteiger charge is -2.17. The Kier molecular flexibility index (Phi) is 4.33. The number of rotatable bonds is 5. The summed E-state index contributed by atoms with van der Waals surface area (Å²) >= 11 is 0. The molecule has 0 radical (unpaired) electrons. The fourth-order valence-electron chi connectivity index (χ4n) is 1.33. The molecule has 0 aliphatic carbocycles. The highest BCUT2D eigenvalue weighted by Crippen LogP contribution is 2.04. The van der Waals surface area contributed by atoms with Crippen LogP contribution in [0.15, 0.2) is 43.0 Å². The van der Waals surface area contributed by atoms with E-state index in [4.69, 9.17) is 0 Å². The van der Waals surface area contributed by atoms with Crippen LogP contribution in [0.25, 0.3) is 0 Å². The maximum Gasteiger partial charge on any atom is 0.131 e. The van der Waals surface area contributed by atoms with Crippen LogP contribution in [0.5, 0.6) is 0 Å². The highest BCUT2D eigenvalue weighted by molar-refractivity contribution is 5.14. The minimum absolute atomic E-state index is 0.401. The second kappa shape index (κ2) is 5.55. The first-order valence-corrected chi connectivity index (χ1v) is 4.71. The summed E-state index contributed by atoms with van der Waals surface area (Å²) in [6, 6.07) is 10.0. The van der Waals surface area contributed by atoms with Crippen LogP contribution in [0.1, 0.15) is 5.56 Å². The molecule has 0 aliphatic heterocycles. The average molecular weight is 193 g/mol. The molecule has 0 saturated carbocycles. The maximum atomic E-state index is 12.9. The third-order valence-electron chi connectivity index (χ3n) is 2.04. The zero-order valence-corrected chi connectivity index (χ0v) is 8.49. The molecule has 0 bridgehead atoms. The third-order valence-corrected chi connectivity index (χ3v) is 2.04. The van der Waals surface area contributed by atoms with Crippen molar-refractivity contribution in [2.45, 2.75) is 12.7 Å². The Labute approximate surface area is 84.9 Å². The van der Waals surface area contributed by atoms with Crippen LogP contribution in [0.4, 0.5) is 4.39 Å². The summed E-state index contributed by atoms with van der Waals surface area (Å²) < 4.78 is 12.9. The fraction of sp³-hybridized carbons (Fsp3) is 0.333. The van der Waals surface area contributed by atoms with Gasteiger partial charge in [-0.3, -0.25) is 4.90 Å². The lowest BCUT2D eigenvalue weighted by molar-refractivity contribution is 0.248. The smallest absolute Gasteiger partial charge is 0.131 e. The largest absolute Gasteiger partial charge is 0.299 e. The Balaban J connectivity index is 2.41. The van der Waals surface area contributed by atoms with E-state index in [0.717, 1.165) is 6.54 Å². The molecular formula is C12H16FN. The van der Waals surface area contributed by atoms with Crippen molar-refractivity contribution in [1.29, 1.82) is 0 Å². The molecule has 0 spiro atoms. The molecule has 0 heterocycles. The number of halogens is 1. The number of alkyl halides is 1. The fourth-order valence-corrected chi connectivity index (χ4v) is 1.33. The molecule has 0 fully saturated rings. The molecule has 0 N–H and O–H groups in total. The number of benzene rings is 1. The third kappa shape index (κ3) is 3.71. The van der Waals surface area contributed by atoms with E-state index in [2.05, 4.69) is 6.58 Å². The summed E-state index contributed by atoms with van der Waals surface area (Å²) in [5, 5.41) is 0. The maximum absolute atomic E-state index is 12.9. The molecule has 0 saturated heterocycles. The summed E-state index contributed by atoms with van der Waals surface area (Å²) in [5.41, 5.74) is 1.20. The average Bonchev–Trinajstić information content (AvgIpc) is 2.19. The van der Waals surface area contributed by atoms with Gasteiger partial charge in [-0.25, -0.2) is 4.39 Å². The topological polar surface area (TPSA) is 3.24 Å². The van der Waals surface area contributed by atoms with Gasteiger partial charge in [0.05, 0.1) is 0 Å². The van der Waals surface area contributed by atoms with E-state index >= 15 is 0 Å². The van der Waals surface area contributed by atoms with E-state index in [1.807, 2.05) is 42.3 Å². The van der Waals surface area contributed by atoms with E-state index in [9.17, 15) is 4.39 Å². The first kappa shape index (κ1) is 10.9. The van der Waals surface area contributed by atoms with Crippen LogP contribution in [0, 0.1) is 0 Å². The Morgan fingerprint density at radius 1 is 1.43 bits per heavy atom. The van der Waals surface area contributed by atoms with Gasteiger partial charge in [-0.1, -0.05) is 36.4 Å². The minimum atomic E-state index is -0.941. The van der Waals surface area contributed by atoms with E-state index in [0.29, 0.717) is 6.54 Å². The molecular weight excluding hydrogens is 177 g/mol. The monoisotopic (exact) mass is 193 g/mol. The van der Waals surface area contributed by atoms with Gasteiger partial charge >= 0.3 is 0 Å². The number of nitrogens with zero attached hydrogens (tertiary/aromatic N) is 1. The Hall–Kier alpha value is -1.15. The van der Waals surface area contributed by atoms with Crippen molar-refractivity contribution in [1.82, 2.24) is 4.90 Å². The molecule has 14 heavy (non-hydrogen) atoms. The van der Waals surface area contributed by atoms with Gasteiger partial charge in [0.15, 0.2) is 0 Å². The Bertz CT molecular complexity index is 271. The standard InChI is InChI=1S/C12H16FN/c1-3-12(13)10-14(2)9-11-7-5-4-6-8-11/h3-8,12H,1,9-10H2,2H3. The minimum Gasteiger partial charge on any atom is -0.299 e. The summed E-state index contributed by atoms with van der Waals surface area (Å²) in [5.74, 6) is 0. The van der Waals surface area contributed by atoms with Crippen molar-refractivity contribution in [3.63, 3.8) is 0 Å². The van der Waals surface area contributed by atoms with Crippen molar-refractivity contribution < 1.29 is 4.39 Å². The van der Waals surface area contributed by atoms with Crippen LogP contribution in [0.2, 0.25) is 0 Å². The molecule has 2 heteroatoms. The Morgan fingerprint density at radius 3 is 2.64 bits per heavy atom. The molecule has 0 amide bonds. The van der Waals surface area contributed by atoms with Crippen LogP contribution < -0.4 is 0 Å². The normalized spacial score (nSPS) is 12.8. The summed E-state index contributed by atoms with van der Waals surface area (Å²) in [7, 11) is 1.91. The molecule has 1 aromatic carbocycles. The lowest BCUT2D eigenvalue weighted by Crippen LogP contribution is -2.25. The predicted molar refractivity (Wildman–Crippen MR) is 57.9 cm³/mol. The SMILES string of the molecule is C=CC(F)CN(C)Cc1ccccc1. The highest BCUT2D eigenvalue weighted by atomic mass is 19.1. The van der Waals surface area contributed by atoms with Gasteiger partial charge in [0.2, 0.25) is 0 Å².